The second kappa shape index (κ2) is 8.19. The fraction of sp³-hybridized carbons (Fsp3) is 0.292. The molecular formula is C24H23ClN4O2. The van der Waals surface area contributed by atoms with E-state index in [4.69, 9.17) is 11.6 Å². The van der Waals surface area contributed by atoms with Gasteiger partial charge in [0.05, 0.1) is 12.6 Å². The van der Waals surface area contributed by atoms with Crippen LogP contribution in [-0.4, -0.2) is 33.0 Å². The molecule has 0 spiro atoms. The molecule has 2 aliphatic rings. The molecule has 3 aromatic rings. The van der Waals surface area contributed by atoms with Gasteiger partial charge in [0.2, 0.25) is 0 Å². The van der Waals surface area contributed by atoms with Crippen molar-refractivity contribution in [3.63, 3.8) is 0 Å². The van der Waals surface area contributed by atoms with Crippen LogP contribution < -0.4 is 5.32 Å². The predicted octanol–water partition coefficient (Wildman–Crippen LogP) is 4.00. The lowest BCUT2D eigenvalue weighted by Crippen LogP contribution is -2.39. The van der Waals surface area contributed by atoms with Crippen molar-refractivity contribution < 1.29 is 9.59 Å². The van der Waals surface area contributed by atoms with Crippen LogP contribution in [0.5, 0.6) is 0 Å². The highest BCUT2D eigenvalue weighted by molar-refractivity contribution is 6.31. The number of rotatable bonds is 4. The van der Waals surface area contributed by atoms with E-state index in [2.05, 4.69) is 22.5 Å². The van der Waals surface area contributed by atoms with Crippen LogP contribution in [0.25, 0.3) is 0 Å². The van der Waals surface area contributed by atoms with E-state index in [1.165, 1.54) is 11.1 Å². The van der Waals surface area contributed by atoms with Gasteiger partial charge in [0.15, 0.2) is 5.69 Å². The fourth-order valence-electron chi connectivity index (χ4n) is 4.47. The molecule has 0 fully saturated rings. The number of halogens is 1. The van der Waals surface area contributed by atoms with Gasteiger partial charge in [0.1, 0.15) is 5.69 Å². The van der Waals surface area contributed by atoms with Gasteiger partial charge < -0.3 is 10.2 Å². The zero-order valence-electron chi connectivity index (χ0n) is 17.1. The van der Waals surface area contributed by atoms with Gasteiger partial charge in [-0.05, 0) is 42.0 Å². The highest BCUT2D eigenvalue weighted by Gasteiger charge is 2.29. The first-order valence-electron chi connectivity index (χ1n) is 10.6. The van der Waals surface area contributed by atoms with Gasteiger partial charge in [0, 0.05) is 24.2 Å². The molecule has 6 nitrogen and oxygen atoms in total. The zero-order valence-corrected chi connectivity index (χ0v) is 17.8. The molecule has 1 atom stereocenters. The minimum Gasteiger partial charge on any atom is -0.344 e. The van der Waals surface area contributed by atoms with Crippen LogP contribution in [0.3, 0.4) is 0 Å². The molecule has 0 bridgehead atoms. The molecule has 1 N–H and O–H groups in total. The summed E-state index contributed by atoms with van der Waals surface area (Å²) >= 11 is 6.26. The Labute approximate surface area is 185 Å². The van der Waals surface area contributed by atoms with E-state index in [1.54, 1.807) is 15.6 Å². The molecule has 0 saturated carbocycles. The molecule has 0 radical (unpaired) electrons. The van der Waals surface area contributed by atoms with Gasteiger partial charge in [-0.25, -0.2) is 0 Å². The summed E-state index contributed by atoms with van der Waals surface area (Å²) in [6.45, 7) is 1.50. The summed E-state index contributed by atoms with van der Waals surface area (Å²) in [7, 11) is 0. The van der Waals surface area contributed by atoms with E-state index in [9.17, 15) is 9.59 Å². The standard InChI is InChI=1S/C24H23ClN4O2/c25-19-10-4-2-7-17(19)15-28-12-13-29-22(24(28)31)14-21(27-29)23(30)26-20-11-5-8-16-6-1-3-9-18(16)20/h1-4,6-7,9-10,14,20H,5,8,11-13,15H2,(H,26,30)/t20-/m0/s1. The molecule has 31 heavy (non-hydrogen) atoms. The molecule has 0 saturated heterocycles. The summed E-state index contributed by atoms with van der Waals surface area (Å²) in [5, 5.41) is 8.17. The van der Waals surface area contributed by atoms with Crippen molar-refractivity contribution in [2.75, 3.05) is 6.54 Å². The number of amides is 2. The molecule has 7 heteroatoms. The van der Waals surface area contributed by atoms with Crippen LogP contribution >= 0.6 is 11.6 Å². The number of nitrogens with zero attached hydrogens (tertiary/aromatic N) is 3. The third-order valence-electron chi connectivity index (χ3n) is 6.09. The van der Waals surface area contributed by atoms with Crippen LogP contribution in [0.15, 0.2) is 54.6 Å². The third kappa shape index (κ3) is 3.83. The van der Waals surface area contributed by atoms with Crippen molar-refractivity contribution in [3.05, 3.63) is 87.7 Å². The Morgan fingerprint density at radius 3 is 2.81 bits per heavy atom. The number of nitrogens with one attached hydrogen (secondary N) is 1. The first-order chi connectivity index (χ1) is 15.1. The average molecular weight is 435 g/mol. The molecule has 1 aliphatic carbocycles. The Bertz CT molecular complexity index is 1160. The van der Waals surface area contributed by atoms with Crippen molar-refractivity contribution in [2.45, 2.75) is 38.4 Å². The number of benzene rings is 2. The Morgan fingerprint density at radius 1 is 1.13 bits per heavy atom. The van der Waals surface area contributed by atoms with E-state index in [-0.39, 0.29) is 23.6 Å². The number of carbonyl (C=O) groups is 2. The smallest absolute Gasteiger partial charge is 0.272 e. The van der Waals surface area contributed by atoms with Crippen molar-refractivity contribution in [2.24, 2.45) is 0 Å². The molecule has 5 rings (SSSR count). The summed E-state index contributed by atoms with van der Waals surface area (Å²) < 4.78 is 1.63. The van der Waals surface area contributed by atoms with Gasteiger partial charge in [-0.2, -0.15) is 5.10 Å². The number of carbonyl (C=O) groups excluding carboxylic acids is 2. The molecule has 2 amide bonds. The van der Waals surface area contributed by atoms with E-state index in [0.717, 1.165) is 24.8 Å². The SMILES string of the molecule is O=C(N[C@H]1CCCc2ccccc21)c1cc2n(n1)CCN(Cc1ccccc1Cl)C2=O. The predicted molar refractivity (Wildman–Crippen MR) is 118 cm³/mol. The first-order valence-corrected chi connectivity index (χ1v) is 11.0. The Hall–Kier alpha value is -3.12. The largest absolute Gasteiger partial charge is 0.344 e. The van der Waals surface area contributed by atoms with Crippen molar-refractivity contribution in [3.8, 4) is 0 Å². The minimum absolute atomic E-state index is 0.0244. The molecule has 1 aromatic heterocycles. The first kappa shape index (κ1) is 19.8. The second-order valence-electron chi connectivity index (χ2n) is 8.07. The van der Waals surface area contributed by atoms with E-state index in [1.807, 2.05) is 36.4 Å². The highest BCUT2D eigenvalue weighted by atomic mass is 35.5. The number of aromatic nitrogens is 2. The quantitative estimate of drug-likeness (QED) is 0.674. The average Bonchev–Trinajstić information content (AvgIpc) is 3.23. The van der Waals surface area contributed by atoms with Gasteiger partial charge in [-0.1, -0.05) is 54.1 Å². The maximum Gasteiger partial charge on any atom is 0.272 e. The van der Waals surface area contributed by atoms with E-state index < -0.39 is 0 Å². The lowest BCUT2D eigenvalue weighted by Gasteiger charge is -2.27. The zero-order chi connectivity index (χ0) is 21.4. The van der Waals surface area contributed by atoms with Gasteiger partial charge in [-0.3, -0.25) is 14.3 Å². The molecule has 0 unspecified atom stereocenters. The normalized spacial score (nSPS) is 17.8. The summed E-state index contributed by atoms with van der Waals surface area (Å²) in [4.78, 5) is 27.7. The van der Waals surface area contributed by atoms with Crippen LogP contribution in [0.1, 0.15) is 56.6 Å². The van der Waals surface area contributed by atoms with Gasteiger partial charge >= 0.3 is 0 Å². The topological polar surface area (TPSA) is 67.2 Å². The monoisotopic (exact) mass is 434 g/mol. The highest BCUT2D eigenvalue weighted by Crippen LogP contribution is 2.30. The molecular weight excluding hydrogens is 412 g/mol. The molecule has 2 heterocycles. The molecule has 2 aromatic carbocycles. The molecule has 1 aliphatic heterocycles. The van der Waals surface area contributed by atoms with E-state index >= 15 is 0 Å². The fourth-order valence-corrected chi connectivity index (χ4v) is 4.66. The van der Waals surface area contributed by atoms with Crippen LogP contribution in [0.2, 0.25) is 5.02 Å². The number of hydrogen-bond donors (Lipinski definition) is 1. The Morgan fingerprint density at radius 2 is 1.94 bits per heavy atom. The lowest BCUT2D eigenvalue weighted by molar-refractivity contribution is 0.0683. The van der Waals surface area contributed by atoms with Crippen LogP contribution in [-0.2, 0) is 19.5 Å². The van der Waals surface area contributed by atoms with Gasteiger partial charge in [0.25, 0.3) is 11.8 Å². The lowest BCUT2D eigenvalue weighted by atomic mass is 9.87. The summed E-state index contributed by atoms with van der Waals surface area (Å²) in [5.41, 5.74) is 4.08. The summed E-state index contributed by atoms with van der Waals surface area (Å²) in [6, 6.07) is 17.3. The molecule has 158 valence electrons. The van der Waals surface area contributed by atoms with Crippen LogP contribution in [0.4, 0.5) is 0 Å². The third-order valence-corrected chi connectivity index (χ3v) is 6.46. The maximum absolute atomic E-state index is 13.0. The Balaban J connectivity index is 1.32. The Kier molecular flexibility index (Phi) is 5.24. The van der Waals surface area contributed by atoms with Crippen LogP contribution in [0, 0.1) is 0 Å². The number of aryl methyl sites for hydroxylation is 1. The summed E-state index contributed by atoms with van der Waals surface area (Å²) in [5.74, 6) is -0.380. The number of fused-ring (bicyclic) bond motifs is 2. The maximum atomic E-state index is 13.0. The van der Waals surface area contributed by atoms with Gasteiger partial charge in [-0.15, -0.1) is 0 Å². The van der Waals surface area contributed by atoms with E-state index in [0.29, 0.717) is 30.4 Å². The van der Waals surface area contributed by atoms with Crippen molar-refractivity contribution >= 4 is 23.4 Å². The van der Waals surface area contributed by atoms with Crippen molar-refractivity contribution in [1.82, 2.24) is 20.0 Å². The minimum atomic E-state index is -0.242. The summed E-state index contributed by atoms with van der Waals surface area (Å²) in [6.07, 6.45) is 2.98. The number of hydrogen-bond acceptors (Lipinski definition) is 3. The van der Waals surface area contributed by atoms with Crippen molar-refractivity contribution in [1.29, 1.82) is 0 Å². The second-order valence-corrected chi connectivity index (χ2v) is 8.48.